The second-order valence-corrected chi connectivity index (χ2v) is 11.5. The highest BCUT2D eigenvalue weighted by Gasteiger charge is 2.51. The number of hydrogen-bond donors (Lipinski definition) is 2. The van der Waals surface area contributed by atoms with Gasteiger partial charge in [-0.15, -0.1) is 0 Å². The molecule has 0 bridgehead atoms. The first-order chi connectivity index (χ1) is 20.9. The Morgan fingerprint density at radius 2 is 1.81 bits per heavy atom. The Morgan fingerprint density at radius 1 is 1.07 bits per heavy atom. The van der Waals surface area contributed by atoms with E-state index in [1.54, 1.807) is 9.47 Å². The van der Waals surface area contributed by atoms with Crippen molar-refractivity contribution in [3.63, 3.8) is 0 Å². The molecule has 10 nitrogen and oxygen atoms in total. The van der Waals surface area contributed by atoms with Crippen molar-refractivity contribution in [3.8, 4) is 0 Å². The predicted octanol–water partition coefficient (Wildman–Crippen LogP) is 3.76. The van der Waals surface area contributed by atoms with Crippen molar-refractivity contribution in [2.45, 2.75) is 56.8 Å². The van der Waals surface area contributed by atoms with Crippen molar-refractivity contribution in [2.24, 2.45) is 0 Å². The van der Waals surface area contributed by atoms with Crippen LogP contribution in [-0.4, -0.2) is 77.1 Å². The number of ether oxygens (including phenoxy) is 2. The van der Waals surface area contributed by atoms with Crippen LogP contribution in [0.2, 0.25) is 0 Å². The molecule has 4 heterocycles. The summed E-state index contributed by atoms with van der Waals surface area (Å²) in [5.74, 6) is -0.325. The number of piperidine rings is 1. The fraction of sp³-hybridized carbons (Fsp3) is 0.424. The lowest BCUT2D eigenvalue weighted by atomic mass is 9.85. The van der Waals surface area contributed by atoms with Gasteiger partial charge >= 0.3 is 0 Å². The second kappa shape index (κ2) is 12.2. The number of aromatic nitrogens is 1. The minimum absolute atomic E-state index is 0.00477. The van der Waals surface area contributed by atoms with Crippen molar-refractivity contribution >= 4 is 34.3 Å². The average molecular weight is 587 g/mol. The molecule has 2 aromatic carbocycles. The van der Waals surface area contributed by atoms with Crippen LogP contribution in [0.4, 0.5) is 5.69 Å². The van der Waals surface area contributed by atoms with Gasteiger partial charge in [0.2, 0.25) is 18.1 Å². The van der Waals surface area contributed by atoms with E-state index in [1.165, 1.54) is 6.92 Å². The fourth-order valence-corrected chi connectivity index (χ4v) is 6.59. The number of carbonyl (C=O) groups excluding carboxylic acids is 3. The molecule has 3 aromatic rings. The van der Waals surface area contributed by atoms with Gasteiger partial charge in [-0.05, 0) is 55.5 Å². The zero-order chi connectivity index (χ0) is 30.0. The van der Waals surface area contributed by atoms with E-state index < -0.39 is 11.8 Å². The molecule has 2 amide bonds. The predicted molar refractivity (Wildman–Crippen MR) is 161 cm³/mol. The summed E-state index contributed by atoms with van der Waals surface area (Å²) in [7, 11) is 0. The summed E-state index contributed by atoms with van der Waals surface area (Å²) in [6.45, 7) is 3.27. The third kappa shape index (κ3) is 5.52. The van der Waals surface area contributed by atoms with Crippen molar-refractivity contribution in [1.82, 2.24) is 14.8 Å². The van der Waals surface area contributed by atoms with Crippen molar-refractivity contribution in [1.29, 1.82) is 0 Å². The van der Waals surface area contributed by atoms with Gasteiger partial charge in [-0.2, -0.15) is 0 Å². The van der Waals surface area contributed by atoms with E-state index in [1.807, 2.05) is 66.9 Å². The molecule has 2 N–H and O–H groups in total. The summed E-state index contributed by atoms with van der Waals surface area (Å²) < 4.78 is 13.8. The number of aliphatic hydroxyl groups excluding tert-OH is 1. The Labute approximate surface area is 250 Å². The third-order valence-electron chi connectivity index (χ3n) is 8.89. The molecule has 0 radical (unpaired) electrons. The molecule has 0 saturated carbocycles. The van der Waals surface area contributed by atoms with Gasteiger partial charge in [0, 0.05) is 56.2 Å². The van der Waals surface area contributed by atoms with E-state index in [0.29, 0.717) is 58.5 Å². The molecule has 10 heteroatoms. The van der Waals surface area contributed by atoms with Crippen molar-refractivity contribution in [2.75, 3.05) is 37.9 Å². The molecule has 226 valence electrons. The molecule has 0 unspecified atom stereocenters. The minimum Gasteiger partial charge on any atom is -0.459 e. The van der Waals surface area contributed by atoms with Crippen LogP contribution in [0, 0.1) is 0 Å². The monoisotopic (exact) mass is 586 g/mol. The summed E-state index contributed by atoms with van der Waals surface area (Å²) in [4.78, 5) is 43.4. The highest BCUT2D eigenvalue weighted by atomic mass is 16.7. The Kier molecular flexibility index (Phi) is 8.23. The lowest BCUT2D eigenvalue weighted by Crippen LogP contribution is -2.57. The molecular formula is C33H38N4O6. The molecular weight excluding hydrogens is 548 g/mol. The zero-order valence-corrected chi connectivity index (χ0v) is 24.4. The highest BCUT2D eigenvalue weighted by Crippen LogP contribution is 2.39. The van der Waals surface area contributed by atoms with Gasteiger partial charge in [0.25, 0.3) is 5.91 Å². The number of nitrogens with zero attached hydrogens (tertiary/aromatic N) is 3. The van der Waals surface area contributed by atoms with Crippen LogP contribution >= 0.6 is 0 Å². The summed E-state index contributed by atoms with van der Waals surface area (Å²) in [6, 6.07) is 17.6. The standard InChI is InChI=1S/C33H38N4O6/c1-23(39)36-21-27(26-11-5-6-12-28(26)36)24-19-29(43-30(20-24)42-18-8-7-17-38)31(40)35-15-13-33(14-16-35)32(41)34-22-37(33)25-9-3-2-4-10-25/h2-6,9-12,19,21,24,30,38H,7-8,13-18,20,22H2,1H3,(H,34,41)/t24-,30+/m0/s1. The number of likely N-dealkylation sites (tertiary alicyclic amines) is 1. The van der Waals surface area contributed by atoms with E-state index in [4.69, 9.17) is 9.47 Å². The SMILES string of the molecule is CC(=O)n1cc([C@H]2C=C(C(=O)N3CCC4(CC3)C(=O)NCN4c3ccccc3)O[C@@H](OCCCCO)C2)c2ccccc21. The number of amides is 2. The second-order valence-electron chi connectivity index (χ2n) is 11.5. The number of nitrogens with one attached hydrogen (secondary N) is 1. The lowest BCUT2D eigenvalue weighted by Gasteiger charge is -2.43. The number of hydrogen-bond acceptors (Lipinski definition) is 7. The first-order valence-electron chi connectivity index (χ1n) is 15.0. The molecule has 2 atom stereocenters. The number of allylic oxidation sites excluding steroid dienone is 1. The van der Waals surface area contributed by atoms with Crippen molar-refractivity contribution in [3.05, 3.63) is 78.2 Å². The number of anilines is 1. The number of carbonyl (C=O) groups is 3. The number of aliphatic hydroxyl groups is 1. The van der Waals surface area contributed by atoms with Gasteiger partial charge < -0.3 is 29.7 Å². The summed E-state index contributed by atoms with van der Waals surface area (Å²) in [6.07, 6.45) is 5.83. The highest BCUT2D eigenvalue weighted by molar-refractivity contribution is 5.96. The molecule has 2 fully saturated rings. The molecule has 3 aliphatic heterocycles. The summed E-state index contributed by atoms with van der Waals surface area (Å²) >= 11 is 0. The molecule has 2 saturated heterocycles. The van der Waals surface area contributed by atoms with Crippen LogP contribution < -0.4 is 10.2 Å². The van der Waals surface area contributed by atoms with E-state index in [-0.39, 0.29) is 36.0 Å². The Morgan fingerprint density at radius 3 is 2.56 bits per heavy atom. The van der Waals surface area contributed by atoms with Gasteiger partial charge in [-0.1, -0.05) is 36.4 Å². The first kappa shape index (κ1) is 28.9. The number of fused-ring (bicyclic) bond motifs is 1. The van der Waals surface area contributed by atoms with Gasteiger partial charge in [0.1, 0.15) is 5.54 Å². The number of para-hydroxylation sites is 2. The zero-order valence-electron chi connectivity index (χ0n) is 24.4. The van der Waals surface area contributed by atoms with Gasteiger partial charge in [-0.3, -0.25) is 19.0 Å². The van der Waals surface area contributed by atoms with E-state index in [9.17, 15) is 19.5 Å². The normalized spacial score (nSPS) is 21.5. The molecule has 6 rings (SSSR count). The third-order valence-corrected chi connectivity index (χ3v) is 8.89. The maximum absolute atomic E-state index is 13.9. The van der Waals surface area contributed by atoms with Gasteiger partial charge in [0.05, 0.1) is 18.8 Å². The largest absolute Gasteiger partial charge is 0.459 e. The molecule has 43 heavy (non-hydrogen) atoms. The maximum atomic E-state index is 13.9. The Bertz CT molecular complexity index is 1520. The number of benzene rings is 2. The van der Waals surface area contributed by atoms with Crippen LogP contribution in [0.15, 0.2) is 72.6 Å². The average Bonchev–Trinajstić information content (AvgIpc) is 3.58. The molecule has 0 aliphatic carbocycles. The minimum atomic E-state index is -0.699. The first-order valence-corrected chi connectivity index (χ1v) is 15.0. The summed E-state index contributed by atoms with van der Waals surface area (Å²) in [5, 5.41) is 13.1. The molecule has 3 aliphatic rings. The van der Waals surface area contributed by atoms with E-state index >= 15 is 0 Å². The van der Waals surface area contributed by atoms with Crippen LogP contribution in [0.3, 0.4) is 0 Å². The van der Waals surface area contributed by atoms with E-state index in [0.717, 1.165) is 22.2 Å². The van der Waals surface area contributed by atoms with Crippen LogP contribution in [-0.2, 0) is 19.1 Å². The van der Waals surface area contributed by atoms with E-state index in [2.05, 4.69) is 10.2 Å². The smallest absolute Gasteiger partial charge is 0.288 e. The van der Waals surface area contributed by atoms with Crippen LogP contribution in [0.5, 0.6) is 0 Å². The molecule has 1 aromatic heterocycles. The molecule has 1 spiro atoms. The van der Waals surface area contributed by atoms with Crippen molar-refractivity contribution < 1.29 is 29.0 Å². The summed E-state index contributed by atoms with van der Waals surface area (Å²) in [5.41, 5.74) is 2.03. The Balaban J connectivity index is 1.25. The lowest BCUT2D eigenvalue weighted by molar-refractivity contribution is -0.154. The number of unbranched alkanes of at least 4 members (excludes halogenated alkanes) is 1. The number of rotatable bonds is 8. The quantitative estimate of drug-likeness (QED) is 0.387. The fourth-order valence-electron chi connectivity index (χ4n) is 6.59. The topological polar surface area (TPSA) is 113 Å². The van der Waals surface area contributed by atoms with Crippen LogP contribution in [0.25, 0.3) is 10.9 Å². The maximum Gasteiger partial charge on any atom is 0.288 e. The van der Waals surface area contributed by atoms with Crippen LogP contribution in [0.1, 0.15) is 55.3 Å². The Hall–Kier alpha value is -4.15. The van der Waals surface area contributed by atoms with Gasteiger partial charge in [0.15, 0.2) is 5.76 Å². The van der Waals surface area contributed by atoms with Gasteiger partial charge in [-0.25, -0.2) is 0 Å².